The summed E-state index contributed by atoms with van der Waals surface area (Å²) in [6.07, 6.45) is 0. The van der Waals surface area contributed by atoms with Gasteiger partial charge in [0.2, 0.25) is 0 Å². The molecule has 2 atom stereocenters. The monoisotopic (exact) mass is 263 g/mol. The van der Waals surface area contributed by atoms with E-state index in [9.17, 15) is 10.1 Å². The average molecular weight is 263 g/mol. The van der Waals surface area contributed by atoms with Gasteiger partial charge in [0.05, 0.1) is 11.5 Å². The number of benzene rings is 1. The lowest BCUT2D eigenvalue weighted by molar-refractivity contribution is -0.385. The van der Waals surface area contributed by atoms with Crippen LogP contribution in [0.3, 0.4) is 0 Å². The van der Waals surface area contributed by atoms with Crippen LogP contribution in [0.5, 0.6) is 5.75 Å². The maximum absolute atomic E-state index is 10.9. The summed E-state index contributed by atoms with van der Waals surface area (Å²) in [5, 5.41) is 17.7. The molecule has 1 saturated carbocycles. The molecule has 2 aliphatic rings. The summed E-state index contributed by atoms with van der Waals surface area (Å²) in [4.78, 5) is 10.5. The van der Waals surface area contributed by atoms with Gasteiger partial charge in [-0.2, -0.15) is 0 Å². The summed E-state index contributed by atoms with van der Waals surface area (Å²) < 4.78 is 5.34. The van der Waals surface area contributed by atoms with Crippen molar-refractivity contribution in [1.82, 2.24) is 5.32 Å². The smallest absolute Gasteiger partial charge is 0.311 e. The number of nitro groups is 1. The summed E-state index contributed by atoms with van der Waals surface area (Å²) in [6, 6.07) is 5.48. The van der Waals surface area contributed by atoms with E-state index >= 15 is 0 Å². The summed E-state index contributed by atoms with van der Waals surface area (Å²) in [5.41, 5.74) is 0.915. The number of nitrogens with zero attached hydrogens (tertiary/aromatic N) is 1. The molecule has 6 heteroatoms. The van der Waals surface area contributed by atoms with Crippen molar-refractivity contribution in [2.75, 3.05) is 25.0 Å². The number of hydrogen-bond donors (Lipinski definition) is 2. The minimum Gasteiger partial charge on any atom is -0.487 e. The van der Waals surface area contributed by atoms with Gasteiger partial charge in [-0.1, -0.05) is 0 Å². The second-order valence-electron chi connectivity index (χ2n) is 5.03. The highest BCUT2D eigenvalue weighted by Gasteiger charge is 2.52. The van der Waals surface area contributed by atoms with Crippen molar-refractivity contribution in [1.29, 1.82) is 0 Å². The zero-order chi connectivity index (χ0) is 13.4. The number of ether oxygens (including phenoxy) is 1. The number of nitro benzene ring substituents is 1. The second kappa shape index (κ2) is 4.70. The molecule has 0 aromatic heterocycles. The Kier molecular flexibility index (Phi) is 3.02. The number of piperidine rings is 1. The summed E-state index contributed by atoms with van der Waals surface area (Å²) >= 11 is 0. The highest BCUT2D eigenvalue weighted by Crippen LogP contribution is 2.44. The van der Waals surface area contributed by atoms with Crippen LogP contribution in [-0.4, -0.2) is 30.7 Å². The van der Waals surface area contributed by atoms with E-state index in [2.05, 4.69) is 10.6 Å². The SMILES string of the molecule is CCOc1cc(NC2C3CNCC32)ccc1[N+](=O)[O-]. The Morgan fingerprint density at radius 3 is 2.84 bits per heavy atom. The van der Waals surface area contributed by atoms with Gasteiger partial charge in [0.1, 0.15) is 0 Å². The Balaban J connectivity index is 1.75. The second-order valence-corrected chi connectivity index (χ2v) is 5.03. The molecule has 0 radical (unpaired) electrons. The van der Waals surface area contributed by atoms with E-state index < -0.39 is 4.92 Å². The molecule has 1 heterocycles. The van der Waals surface area contributed by atoms with Gasteiger partial charge in [-0.15, -0.1) is 0 Å². The first-order valence-corrected chi connectivity index (χ1v) is 6.59. The van der Waals surface area contributed by atoms with Crippen LogP contribution in [0.4, 0.5) is 11.4 Å². The third-order valence-corrected chi connectivity index (χ3v) is 3.88. The van der Waals surface area contributed by atoms with E-state index in [0.717, 1.165) is 18.8 Å². The van der Waals surface area contributed by atoms with Crippen LogP contribution >= 0.6 is 0 Å². The molecule has 1 saturated heterocycles. The molecule has 0 amide bonds. The fraction of sp³-hybridized carbons (Fsp3) is 0.538. The Hall–Kier alpha value is -1.82. The molecule has 2 N–H and O–H groups in total. The normalized spacial score (nSPS) is 27.7. The van der Waals surface area contributed by atoms with Crippen LogP contribution < -0.4 is 15.4 Å². The minimum absolute atomic E-state index is 0.0186. The van der Waals surface area contributed by atoms with Crippen molar-refractivity contribution in [3.8, 4) is 5.75 Å². The van der Waals surface area contributed by atoms with Gasteiger partial charge in [0.25, 0.3) is 0 Å². The lowest BCUT2D eigenvalue weighted by Gasteiger charge is -2.11. The van der Waals surface area contributed by atoms with Crippen LogP contribution in [0.2, 0.25) is 0 Å². The lowest BCUT2D eigenvalue weighted by Crippen LogP contribution is -2.21. The molecule has 1 aliphatic heterocycles. The average Bonchev–Trinajstić information content (AvgIpc) is 2.83. The van der Waals surface area contributed by atoms with Gasteiger partial charge in [-0.25, -0.2) is 0 Å². The van der Waals surface area contributed by atoms with Gasteiger partial charge < -0.3 is 15.4 Å². The standard InChI is InChI=1S/C13H17N3O3/c1-2-19-12-5-8(3-4-11(12)16(17)18)15-13-9-6-14-7-10(9)13/h3-5,9-10,13-15H,2,6-7H2,1H3. The van der Waals surface area contributed by atoms with E-state index in [-0.39, 0.29) is 5.69 Å². The molecular formula is C13H17N3O3. The van der Waals surface area contributed by atoms with Crippen molar-refractivity contribution >= 4 is 11.4 Å². The third-order valence-electron chi connectivity index (χ3n) is 3.88. The minimum atomic E-state index is -0.412. The van der Waals surface area contributed by atoms with Crippen LogP contribution in [0.25, 0.3) is 0 Å². The van der Waals surface area contributed by atoms with Gasteiger partial charge in [0, 0.05) is 37.0 Å². The molecule has 3 rings (SSSR count). The fourth-order valence-electron chi connectivity index (χ4n) is 2.85. The van der Waals surface area contributed by atoms with Crippen LogP contribution in [0.15, 0.2) is 18.2 Å². The van der Waals surface area contributed by atoms with Crippen molar-refractivity contribution in [2.45, 2.75) is 13.0 Å². The van der Waals surface area contributed by atoms with E-state index in [1.807, 2.05) is 6.92 Å². The highest BCUT2D eigenvalue weighted by molar-refractivity contribution is 5.59. The molecule has 0 bridgehead atoms. The summed E-state index contributed by atoms with van der Waals surface area (Å²) in [5.74, 6) is 1.73. The van der Waals surface area contributed by atoms with Crippen LogP contribution in [0.1, 0.15) is 6.92 Å². The maximum Gasteiger partial charge on any atom is 0.311 e. The summed E-state index contributed by atoms with van der Waals surface area (Å²) in [6.45, 7) is 4.37. The van der Waals surface area contributed by atoms with Gasteiger partial charge in [0.15, 0.2) is 5.75 Å². The largest absolute Gasteiger partial charge is 0.487 e. The van der Waals surface area contributed by atoms with E-state index in [4.69, 9.17) is 4.74 Å². The van der Waals surface area contributed by atoms with Crippen molar-refractivity contribution in [3.05, 3.63) is 28.3 Å². The Morgan fingerprint density at radius 1 is 1.47 bits per heavy atom. The van der Waals surface area contributed by atoms with E-state index in [0.29, 0.717) is 30.2 Å². The van der Waals surface area contributed by atoms with Crippen LogP contribution in [0, 0.1) is 22.0 Å². The van der Waals surface area contributed by atoms with E-state index in [1.54, 1.807) is 12.1 Å². The van der Waals surface area contributed by atoms with Gasteiger partial charge >= 0.3 is 5.69 Å². The topological polar surface area (TPSA) is 76.4 Å². The predicted octanol–water partition coefficient (Wildman–Crippen LogP) is 1.62. The highest BCUT2D eigenvalue weighted by atomic mass is 16.6. The first kappa shape index (κ1) is 12.2. The molecule has 1 aliphatic carbocycles. The number of nitrogens with one attached hydrogen (secondary N) is 2. The molecule has 1 aromatic carbocycles. The van der Waals surface area contributed by atoms with Crippen LogP contribution in [-0.2, 0) is 0 Å². The first-order valence-electron chi connectivity index (χ1n) is 6.59. The molecule has 2 fully saturated rings. The Morgan fingerprint density at radius 2 is 2.21 bits per heavy atom. The van der Waals surface area contributed by atoms with Gasteiger partial charge in [-0.3, -0.25) is 10.1 Å². The molecule has 1 aromatic rings. The lowest BCUT2D eigenvalue weighted by atomic mass is 10.2. The molecule has 6 nitrogen and oxygen atoms in total. The number of rotatable bonds is 5. The third kappa shape index (κ3) is 2.23. The predicted molar refractivity (Wildman–Crippen MR) is 71.5 cm³/mol. The Labute approximate surface area is 111 Å². The van der Waals surface area contributed by atoms with Crippen molar-refractivity contribution < 1.29 is 9.66 Å². The number of hydrogen-bond acceptors (Lipinski definition) is 5. The fourth-order valence-corrected chi connectivity index (χ4v) is 2.85. The van der Waals surface area contributed by atoms with Crippen molar-refractivity contribution in [2.24, 2.45) is 11.8 Å². The molecular weight excluding hydrogens is 246 g/mol. The quantitative estimate of drug-likeness (QED) is 0.623. The molecule has 19 heavy (non-hydrogen) atoms. The number of fused-ring (bicyclic) bond motifs is 1. The molecule has 2 unspecified atom stereocenters. The molecule has 0 spiro atoms. The zero-order valence-electron chi connectivity index (χ0n) is 10.8. The van der Waals surface area contributed by atoms with Crippen molar-refractivity contribution in [3.63, 3.8) is 0 Å². The van der Waals surface area contributed by atoms with E-state index in [1.165, 1.54) is 6.07 Å². The maximum atomic E-state index is 10.9. The zero-order valence-corrected chi connectivity index (χ0v) is 10.8. The molecule has 102 valence electrons. The Bertz CT molecular complexity index is 496. The van der Waals surface area contributed by atoms with Gasteiger partial charge in [-0.05, 0) is 24.8 Å². The summed E-state index contributed by atoms with van der Waals surface area (Å²) in [7, 11) is 0. The number of anilines is 1. The first-order chi connectivity index (χ1) is 9.20.